The van der Waals surface area contributed by atoms with E-state index in [1.807, 2.05) is 48.3 Å². The number of anilines is 2. The number of carbonyl (C=O) groups is 1. The monoisotopic (exact) mass is 566 g/mol. The van der Waals surface area contributed by atoms with Crippen molar-refractivity contribution in [2.75, 3.05) is 56.1 Å². The van der Waals surface area contributed by atoms with Crippen molar-refractivity contribution in [3.05, 3.63) is 96.1 Å². The summed E-state index contributed by atoms with van der Waals surface area (Å²) in [7, 11) is 1.86. The van der Waals surface area contributed by atoms with Crippen molar-refractivity contribution < 1.29 is 22.4 Å². The molecule has 5 rings (SSSR count). The highest BCUT2D eigenvalue weighted by atomic mass is 19.3. The smallest absolute Gasteiger partial charge is 0.314 e. The first-order valence-corrected chi connectivity index (χ1v) is 13.3. The Morgan fingerprint density at radius 1 is 0.976 bits per heavy atom. The second kappa shape index (κ2) is 14.8. The largest absolute Gasteiger partial charge is 0.415 e. The Morgan fingerprint density at radius 2 is 1.66 bits per heavy atom. The lowest BCUT2D eigenvalue weighted by Crippen LogP contribution is -2.48. The van der Waals surface area contributed by atoms with Crippen molar-refractivity contribution in [2.45, 2.75) is 13.0 Å². The van der Waals surface area contributed by atoms with E-state index in [4.69, 9.17) is 4.42 Å². The molecule has 1 fully saturated rings. The fraction of sp³-hybridized carbons (Fsp3) is 0.300. The summed E-state index contributed by atoms with van der Waals surface area (Å²) >= 11 is 0. The first kappa shape index (κ1) is 29.6. The van der Waals surface area contributed by atoms with Crippen molar-refractivity contribution >= 4 is 17.8 Å². The van der Waals surface area contributed by atoms with Gasteiger partial charge in [0.15, 0.2) is 0 Å². The standard InChI is InChI=1S/C17H14F3N3O.C13H19N3O/c1-23(13-5-3-2-4-6-13)10-12-8-7-11(9-14(12)18)16-21-22-17(24-16)15(19)20;17-12-14-6-7-15-8-10-16(11-9-15)13-4-2-1-3-5-13/h2-9,15H,10H2,1H3;1-5,12H,6-11H2,(H,14,17). The predicted molar refractivity (Wildman–Crippen MR) is 152 cm³/mol. The molecule has 1 N–H and O–H groups in total. The number of benzene rings is 3. The molecule has 2 heterocycles. The molecule has 1 aromatic heterocycles. The lowest BCUT2D eigenvalue weighted by atomic mass is 10.1. The number of hydrogen-bond acceptors (Lipinski definition) is 7. The number of amides is 1. The zero-order valence-corrected chi connectivity index (χ0v) is 22.8. The zero-order valence-electron chi connectivity index (χ0n) is 22.8. The average Bonchev–Trinajstić information content (AvgIpc) is 3.51. The van der Waals surface area contributed by atoms with E-state index in [1.54, 1.807) is 12.1 Å². The van der Waals surface area contributed by atoms with Crippen LogP contribution in [0, 0.1) is 5.82 Å². The summed E-state index contributed by atoms with van der Waals surface area (Å²) in [6, 6.07) is 24.4. The van der Waals surface area contributed by atoms with E-state index in [9.17, 15) is 18.0 Å². The molecule has 41 heavy (non-hydrogen) atoms. The summed E-state index contributed by atoms with van der Waals surface area (Å²) in [5, 5.41) is 9.45. The Bertz CT molecular complexity index is 1350. The fourth-order valence-electron chi connectivity index (χ4n) is 4.43. The molecule has 0 saturated carbocycles. The van der Waals surface area contributed by atoms with Crippen LogP contribution < -0.4 is 15.1 Å². The third-order valence-corrected chi connectivity index (χ3v) is 6.68. The molecule has 11 heteroatoms. The average molecular weight is 567 g/mol. The number of nitrogens with zero attached hydrogens (tertiary/aromatic N) is 5. The van der Waals surface area contributed by atoms with Gasteiger partial charge in [0.25, 0.3) is 5.89 Å². The van der Waals surface area contributed by atoms with Crippen molar-refractivity contribution in [3.63, 3.8) is 0 Å². The van der Waals surface area contributed by atoms with Crippen LogP contribution in [0.15, 0.2) is 83.3 Å². The molecule has 0 spiro atoms. The Labute approximate surface area is 237 Å². The molecule has 1 saturated heterocycles. The van der Waals surface area contributed by atoms with Gasteiger partial charge in [-0.15, -0.1) is 10.2 Å². The molecule has 1 aliphatic rings. The summed E-state index contributed by atoms with van der Waals surface area (Å²) in [4.78, 5) is 16.8. The first-order valence-electron chi connectivity index (χ1n) is 13.3. The van der Waals surface area contributed by atoms with Crippen LogP contribution in [0.4, 0.5) is 24.5 Å². The molecular weight excluding hydrogens is 533 g/mol. The van der Waals surface area contributed by atoms with Gasteiger partial charge < -0.3 is 19.5 Å². The van der Waals surface area contributed by atoms with Crippen molar-refractivity contribution in [2.24, 2.45) is 0 Å². The number of halogens is 3. The lowest BCUT2D eigenvalue weighted by molar-refractivity contribution is -0.109. The quantitative estimate of drug-likeness (QED) is 0.214. The third kappa shape index (κ3) is 8.55. The minimum atomic E-state index is -2.85. The van der Waals surface area contributed by atoms with Gasteiger partial charge in [-0.05, 0) is 36.4 Å². The highest BCUT2D eigenvalue weighted by molar-refractivity contribution is 5.54. The maximum Gasteiger partial charge on any atom is 0.314 e. The number of hydrogen-bond donors (Lipinski definition) is 1. The van der Waals surface area contributed by atoms with E-state index in [1.165, 1.54) is 11.8 Å². The van der Waals surface area contributed by atoms with Crippen LogP contribution >= 0.6 is 0 Å². The number of carbonyl (C=O) groups excluding carboxylic acids is 1. The van der Waals surface area contributed by atoms with Gasteiger partial charge in [0.05, 0.1) is 0 Å². The zero-order chi connectivity index (χ0) is 29.0. The van der Waals surface area contributed by atoms with Crippen LogP contribution in [0.5, 0.6) is 0 Å². The van der Waals surface area contributed by atoms with E-state index < -0.39 is 18.1 Å². The number of piperazine rings is 1. The van der Waals surface area contributed by atoms with Gasteiger partial charge in [-0.25, -0.2) is 4.39 Å². The molecule has 8 nitrogen and oxygen atoms in total. The molecule has 0 atom stereocenters. The van der Waals surface area contributed by atoms with E-state index >= 15 is 0 Å². The summed E-state index contributed by atoms with van der Waals surface area (Å²) in [5.41, 5.74) is 2.99. The van der Waals surface area contributed by atoms with E-state index in [0.717, 1.165) is 51.4 Å². The molecule has 216 valence electrons. The maximum absolute atomic E-state index is 14.3. The van der Waals surface area contributed by atoms with Crippen LogP contribution in [0.2, 0.25) is 0 Å². The molecule has 3 aromatic carbocycles. The highest BCUT2D eigenvalue weighted by Crippen LogP contribution is 2.25. The Kier molecular flexibility index (Phi) is 10.7. The lowest BCUT2D eigenvalue weighted by Gasteiger charge is -2.36. The topological polar surface area (TPSA) is 77.7 Å². The number of rotatable bonds is 10. The first-order chi connectivity index (χ1) is 19.9. The van der Waals surface area contributed by atoms with Gasteiger partial charge in [-0.2, -0.15) is 8.78 Å². The van der Waals surface area contributed by atoms with Crippen LogP contribution in [-0.4, -0.2) is 67.8 Å². The summed E-state index contributed by atoms with van der Waals surface area (Å²) in [6.45, 7) is 6.31. The Hall–Kier alpha value is -4.38. The SMILES string of the molecule is CN(Cc1ccc(-c2nnc(C(F)F)o2)cc1F)c1ccccc1.O=CNCCN1CCN(c2ccccc2)CC1. The van der Waals surface area contributed by atoms with Gasteiger partial charge >= 0.3 is 6.43 Å². The molecule has 0 aliphatic carbocycles. The van der Waals surface area contributed by atoms with E-state index in [0.29, 0.717) is 12.1 Å². The van der Waals surface area contributed by atoms with Crippen molar-refractivity contribution in [1.29, 1.82) is 0 Å². The van der Waals surface area contributed by atoms with Crippen LogP contribution in [0.1, 0.15) is 17.9 Å². The van der Waals surface area contributed by atoms with Gasteiger partial charge in [0.1, 0.15) is 5.82 Å². The Morgan fingerprint density at radius 3 is 2.27 bits per heavy atom. The van der Waals surface area contributed by atoms with E-state index in [2.05, 4.69) is 49.6 Å². The predicted octanol–water partition coefficient (Wildman–Crippen LogP) is 5.00. The molecule has 0 bridgehead atoms. The van der Waals surface area contributed by atoms with Crippen molar-refractivity contribution in [3.8, 4) is 11.5 Å². The van der Waals surface area contributed by atoms with Crippen LogP contribution in [0.25, 0.3) is 11.5 Å². The van der Waals surface area contributed by atoms with Gasteiger partial charge in [-0.3, -0.25) is 9.69 Å². The molecule has 0 radical (unpaired) electrons. The van der Waals surface area contributed by atoms with Crippen molar-refractivity contribution in [1.82, 2.24) is 20.4 Å². The minimum absolute atomic E-state index is 0.132. The molecule has 4 aromatic rings. The van der Waals surface area contributed by atoms with E-state index in [-0.39, 0.29) is 11.5 Å². The highest BCUT2D eigenvalue weighted by Gasteiger charge is 2.18. The molecule has 0 unspecified atom stereocenters. The number of nitrogens with one attached hydrogen (secondary N) is 1. The fourth-order valence-corrected chi connectivity index (χ4v) is 4.43. The maximum atomic E-state index is 14.3. The Balaban J connectivity index is 0.000000201. The van der Waals surface area contributed by atoms with Gasteiger partial charge in [-0.1, -0.05) is 42.5 Å². The second-order valence-electron chi connectivity index (χ2n) is 9.48. The number of alkyl halides is 2. The summed E-state index contributed by atoms with van der Waals surface area (Å²) in [6.07, 6.45) is -2.09. The number of para-hydroxylation sites is 2. The third-order valence-electron chi connectivity index (χ3n) is 6.68. The second-order valence-corrected chi connectivity index (χ2v) is 9.48. The molecule has 1 amide bonds. The van der Waals surface area contributed by atoms with Gasteiger partial charge in [0, 0.05) is 75.4 Å². The molecule has 1 aliphatic heterocycles. The number of aromatic nitrogens is 2. The summed E-state index contributed by atoms with van der Waals surface area (Å²) < 4.78 is 44.1. The molecular formula is C30H33F3N6O2. The van der Waals surface area contributed by atoms with Crippen LogP contribution in [-0.2, 0) is 11.3 Å². The summed E-state index contributed by atoms with van der Waals surface area (Å²) in [5.74, 6) is -1.38. The van der Waals surface area contributed by atoms with Gasteiger partial charge in [0.2, 0.25) is 12.3 Å². The minimum Gasteiger partial charge on any atom is -0.415 e. The van der Waals surface area contributed by atoms with Crippen LogP contribution in [0.3, 0.4) is 0 Å². The normalized spacial score (nSPS) is 13.4.